The van der Waals surface area contributed by atoms with Crippen LogP contribution >= 0.6 is 11.6 Å². The zero-order valence-corrected chi connectivity index (χ0v) is 13.4. The standard InChI is InChI=1S/C17H20ClNO3/c1-11(12-2-3-12)19-15(20)10-22-16(21)17(8-9-17)13-4-6-14(18)7-5-13/h4-7,11-12H,2-3,8-10H2,1H3,(H,19,20)/t11-/m1/s1. The fraction of sp³-hybridized carbons (Fsp3) is 0.529. The monoisotopic (exact) mass is 321 g/mol. The van der Waals surface area contributed by atoms with Gasteiger partial charge in [0, 0.05) is 11.1 Å². The Morgan fingerprint density at radius 1 is 1.32 bits per heavy atom. The van der Waals surface area contributed by atoms with Gasteiger partial charge in [0.05, 0.1) is 5.41 Å². The van der Waals surface area contributed by atoms with E-state index in [1.807, 2.05) is 19.1 Å². The molecule has 1 N–H and O–H groups in total. The van der Waals surface area contributed by atoms with Gasteiger partial charge in [-0.25, -0.2) is 0 Å². The zero-order valence-electron chi connectivity index (χ0n) is 12.6. The third-order valence-electron chi connectivity index (χ3n) is 4.59. The van der Waals surface area contributed by atoms with Crippen molar-refractivity contribution in [3.63, 3.8) is 0 Å². The zero-order chi connectivity index (χ0) is 15.7. The Morgan fingerprint density at radius 3 is 2.50 bits per heavy atom. The van der Waals surface area contributed by atoms with Crippen molar-refractivity contribution in [2.24, 2.45) is 5.92 Å². The molecule has 0 radical (unpaired) electrons. The first-order valence-corrected chi connectivity index (χ1v) is 8.12. The maximum Gasteiger partial charge on any atom is 0.317 e. The van der Waals surface area contributed by atoms with E-state index in [0.29, 0.717) is 10.9 Å². The van der Waals surface area contributed by atoms with Crippen LogP contribution in [0.25, 0.3) is 0 Å². The maximum atomic E-state index is 12.3. The number of ether oxygens (including phenoxy) is 1. The van der Waals surface area contributed by atoms with Crippen LogP contribution in [0, 0.1) is 5.92 Å². The van der Waals surface area contributed by atoms with Gasteiger partial charge in [0.1, 0.15) is 0 Å². The minimum absolute atomic E-state index is 0.164. The highest BCUT2D eigenvalue weighted by Crippen LogP contribution is 2.49. The number of hydrogen-bond acceptors (Lipinski definition) is 3. The van der Waals surface area contributed by atoms with Crippen molar-refractivity contribution < 1.29 is 14.3 Å². The van der Waals surface area contributed by atoms with Crippen LogP contribution in [-0.4, -0.2) is 24.5 Å². The van der Waals surface area contributed by atoms with Gasteiger partial charge < -0.3 is 10.1 Å². The number of carbonyl (C=O) groups excluding carboxylic acids is 2. The van der Waals surface area contributed by atoms with Gasteiger partial charge >= 0.3 is 5.97 Å². The van der Waals surface area contributed by atoms with Gasteiger partial charge in [-0.3, -0.25) is 9.59 Å². The molecule has 4 nitrogen and oxygen atoms in total. The second-order valence-electron chi connectivity index (χ2n) is 6.36. The molecular weight excluding hydrogens is 302 g/mol. The number of carbonyl (C=O) groups is 2. The van der Waals surface area contributed by atoms with E-state index in [1.54, 1.807) is 12.1 Å². The van der Waals surface area contributed by atoms with Crippen LogP contribution in [0.4, 0.5) is 0 Å². The molecule has 0 heterocycles. The summed E-state index contributed by atoms with van der Waals surface area (Å²) in [6.07, 6.45) is 3.85. The third kappa shape index (κ3) is 3.27. The molecule has 0 saturated heterocycles. The molecule has 2 aliphatic rings. The lowest BCUT2D eigenvalue weighted by atomic mass is 9.96. The molecule has 3 rings (SSSR count). The minimum atomic E-state index is -0.576. The first-order chi connectivity index (χ1) is 10.5. The van der Waals surface area contributed by atoms with Crippen LogP contribution in [-0.2, 0) is 19.7 Å². The Morgan fingerprint density at radius 2 is 1.95 bits per heavy atom. The van der Waals surface area contributed by atoms with Crippen molar-refractivity contribution in [2.75, 3.05) is 6.61 Å². The van der Waals surface area contributed by atoms with E-state index in [2.05, 4.69) is 5.32 Å². The molecule has 1 aromatic carbocycles. The second-order valence-corrected chi connectivity index (χ2v) is 6.80. The summed E-state index contributed by atoms with van der Waals surface area (Å²) in [4.78, 5) is 24.1. The molecular formula is C17H20ClNO3. The summed E-state index contributed by atoms with van der Waals surface area (Å²) in [6, 6.07) is 7.41. The summed E-state index contributed by atoms with van der Waals surface area (Å²) in [6.45, 7) is 1.79. The molecule has 0 unspecified atom stereocenters. The normalized spacial score (nSPS) is 20.1. The highest BCUT2D eigenvalue weighted by molar-refractivity contribution is 6.30. The number of hydrogen-bond donors (Lipinski definition) is 1. The van der Waals surface area contributed by atoms with Crippen LogP contribution in [0.3, 0.4) is 0 Å². The molecule has 2 saturated carbocycles. The summed E-state index contributed by atoms with van der Waals surface area (Å²) in [7, 11) is 0. The van der Waals surface area contributed by atoms with Crippen molar-refractivity contribution in [3.8, 4) is 0 Å². The van der Waals surface area contributed by atoms with Gasteiger partial charge in [0.2, 0.25) is 0 Å². The largest absolute Gasteiger partial charge is 0.455 e. The molecule has 0 aromatic heterocycles. The second kappa shape index (κ2) is 5.92. The molecule has 1 aromatic rings. The minimum Gasteiger partial charge on any atom is -0.455 e. The van der Waals surface area contributed by atoms with Gasteiger partial charge in [-0.2, -0.15) is 0 Å². The molecule has 0 aliphatic heterocycles. The number of amides is 1. The first kappa shape index (κ1) is 15.3. The predicted molar refractivity (Wildman–Crippen MR) is 83.7 cm³/mol. The predicted octanol–water partition coefficient (Wildman–Crippen LogP) is 2.83. The van der Waals surface area contributed by atoms with Crippen LogP contribution in [0.15, 0.2) is 24.3 Å². The van der Waals surface area contributed by atoms with E-state index in [0.717, 1.165) is 18.4 Å². The third-order valence-corrected chi connectivity index (χ3v) is 4.84. The van der Waals surface area contributed by atoms with Crippen molar-refractivity contribution in [1.82, 2.24) is 5.32 Å². The Bertz CT molecular complexity index is 576. The highest BCUT2D eigenvalue weighted by atomic mass is 35.5. The van der Waals surface area contributed by atoms with E-state index in [9.17, 15) is 9.59 Å². The summed E-state index contributed by atoms with van der Waals surface area (Å²) >= 11 is 5.87. The Balaban J connectivity index is 1.53. The lowest BCUT2D eigenvalue weighted by molar-refractivity contribution is -0.151. The highest BCUT2D eigenvalue weighted by Gasteiger charge is 2.52. The fourth-order valence-electron chi connectivity index (χ4n) is 2.78. The number of benzene rings is 1. The van der Waals surface area contributed by atoms with Crippen LogP contribution < -0.4 is 5.32 Å². The van der Waals surface area contributed by atoms with Gasteiger partial charge in [-0.1, -0.05) is 23.7 Å². The lowest BCUT2D eigenvalue weighted by Gasteiger charge is -2.16. The first-order valence-electron chi connectivity index (χ1n) is 7.74. The molecule has 5 heteroatoms. The van der Waals surface area contributed by atoms with Gasteiger partial charge in [0.25, 0.3) is 5.91 Å². The van der Waals surface area contributed by atoms with Crippen molar-refractivity contribution in [2.45, 2.75) is 44.1 Å². The number of halogens is 1. The molecule has 118 valence electrons. The van der Waals surface area contributed by atoms with Crippen LogP contribution in [0.2, 0.25) is 5.02 Å². The molecule has 22 heavy (non-hydrogen) atoms. The Hall–Kier alpha value is -1.55. The topological polar surface area (TPSA) is 55.4 Å². The lowest BCUT2D eigenvalue weighted by Crippen LogP contribution is -2.38. The van der Waals surface area contributed by atoms with Gasteiger partial charge in [0.15, 0.2) is 6.61 Å². The molecule has 0 spiro atoms. The van der Waals surface area contributed by atoms with Crippen molar-refractivity contribution >= 4 is 23.5 Å². The number of esters is 1. The van der Waals surface area contributed by atoms with Crippen LogP contribution in [0.5, 0.6) is 0 Å². The van der Waals surface area contributed by atoms with E-state index in [1.165, 1.54) is 12.8 Å². The summed E-state index contributed by atoms with van der Waals surface area (Å²) < 4.78 is 5.23. The van der Waals surface area contributed by atoms with E-state index >= 15 is 0 Å². The maximum absolute atomic E-state index is 12.3. The van der Waals surface area contributed by atoms with E-state index in [-0.39, 0.29) is 24.5 Å². The van der Waals surface area contributed by atoms with Gasteiger partial charge in [-0.05, 0) is 56.2 Å². The van der Waals surface area contributed by atoms with Gasteiger partial charge in [-0.15, -0.1) is 0 Å². The summed E-state index contributed by atoms with van der Waals surface area (Å²) in [5, 5.41) is 3.52. The number of rotatable bonds is 6. The molecule has 1 amide bonds. The summed E-state index contributed by atoms with van der Waals surface area (Å²) in [5.74, 6) is 0.0483. The molecule has 2 aliphatic carbocycles. The van der Waals surface area contributed by atoms with Crippen molar-refractivity contribution in [3.05, 3.63) is 34.9 Å². The Kier molecular flexibility index (Phi) is 4.13. The molecule has 2 fully saturated rings. The number of nitrogens with one attached hydrogen (secondary N) is 1. The average Bonchev–Trinajstić information content (AvgIpc) is 3.38. The molecule has 1 atom stereocenters. The Labute approximate surface area is 135 Å². The van der Waals surface area contributed by atoms with Crippen molar-refractivity contribution in [1.29, 1.82) is 0 Å². The molecule has 0 bridgehead atoms. The quantitative estimate of drug-likeness (QED) is 0.820. The van der Waals surface area contributed by atoms with E-state index in [4.69, 9.17) is 16.3 Å². The smallest absolute Gasteiger partial charge is 0.317 e. The van der Waals surface area contributed by atoms with E-state index < -0.39 is 5.41 Å². The average molecular weight is 322 g/mol. The fourth-order valence-corrected chi connectivity index (χ4v) is 2.91. The van der Waals surface area contributed by atoms with Crippen LogP contribution in [0.1, 0.15) is 38.2 Å². The SMILES string of the molecule is C[C@@H](NC(=O)COC(=O)C1(c2ccc(Cl)cc2)CC1)C1CC1. The summed E-state index contributed by atoms with van der Waals surface area (Å²) in [5.41, 5.74) is 0.334.